The highest BCUT2D eigenvalue weighted by atomic mass is 16.8. The van der Waals surface area contributed by atoms with Gasteiger partial charge in [-0.3, -0.25) is 9.79 Å². The first kappa shape index (κ1) is 45.4. The number of amidine groups is 1. The first-order chi connectivity index (χ1) is 31.5. The fourth-order valence-corrected chi connectivity index (χ4v) is 8.85. The van der Waals surface area contributed by atoms with Crippen molar-refractivity contribution >= 4 is 17.8 Å². The van der Waals surface area contributed by atoms with E-state index in [2.05, 4.69) is 39.3 Å². The van der Waals surface area contributed by atoms with E-state index in [9.17, 15) is 24.9 Å². The Bertz CT molecular complexity index is 2330. The minimum absolute atomic E-state index is 0.0301. The monoisotopic (exact) mass is 900 g/mol. The number of hydrogen-bond acceptors (Lipinski definition) is 18. The second-order valence-corrected chi connectivity index (χ2v) is 15.9. The van der Waals surface area contributed by atoms with Gasteiger partial charge in [-0.15, -0.1) is 0 Å². The van der Waals surface area contributed by atoms with Crippen molar-refractivity contribution in [1.82, 2.24) is 5.32 Å². The smallest absolute Gasteiger partial charge is 0.341 e. The van der Waals surface area contributed by atoms with Crippen LogP contribution in [0.4, 0.5) is 0 Å². The summed E-state index contributed by atoms with van der Waals surface area (Å²) in [5.74, 6) is -0.480. The lowest BCUT2D eigenvalue weighted by Crippen LogP contribution is -2.63. The molecule has 0 spiro atoms. The van der Waals surface area contributed by atoms with E-state index in [-0.39, 0.29) is 48.6 Å². The molecule has 5 N–H and O–H groups in total. The molecule has 6 aliphatic rings. The number of aliphatic hydroxyl groups excluding tert-OH is 2. The quantitative estimate of drug-likeness (QED) is 0.159. The molecule has 4 aromatic rings. The normalized spacial score (nSPS) is 28.0. The number of fused-ring (bicyclic) bond motifs is 4. The first-order valence-electron chi connectivity index (χ1n) is 21.2. The number of phenolic OH excluding ortho intramolecular Hbond substituents is 2. The molecule has 5 aliphatic heterocycles. The molecule has 0 unspecified atom stereocenters. The summed E-state index contributed by atoms with van der Waals surface area (Å²) in [6, 6.07) is 23.6. The standard InChI is InChI=1S/C29H32O13.C10H12N2.C8H8O3/c1-11-36-9-20-27(40-11)24(31)25(32)29(41-20)42-26-14-7-17-16(38-10-39-17)6-13(14)21(22-15(26)8-37-28(22)33)12-4-18(34-2)23(30)19(5-12)35-3;1-2-4-9(5-3-1)8-10-11-6-7-12-10;1-11-8(10)6-4-2-3-5-7(6)9/h4-7,11,15,20-22,24-27,29-32H,8-10H2,1-3H3;1-5H,6-8H2,(H,11,12);2-5,9H,1H3/t11-,15+,20-,21-,22+,24-,25-,26-,27-,29+;;/m1../s1. The number of nitrogens with one attached hydrogen (secondary N) is 1. The summed E-state index contributed by atoms with van der Waals surface area (Å²) in [5, 5.41) is 44.9. The average Bonchev–Trinajstić information content (AvgIpc) is 4.11. The van der Waals surface area contributed by atoms with Gasteiger partial charge in [0, 0.05) is 24.8 Å². The predicted octanol–water partition coefficient (Wildman–Crippen LogP) is 3.75. The van der Waals surface area contributed by atoms with Crippen molar-refractivity contribution in [3.63, 3.8) is 0 Å². The summed E-state index contributed by atoms with van der Waals surface area (Å²) in [7, 11) is 4.13. The summed E-state index contributed by atoms with van der Waals surface area (Å²) in [6.45, 7) is 3.86. The molecule has 346 valence electrons. The molecule has 0 amide bonds. The minimum atomic E-state index is -1.44. The summed E-state index contributed by atoms with van der Waals surface area (Å²) in [4.78, 5) is 28.6. The molecule has 18 nitrogen and oxygen atoms in total. The number of para-hydroxylation sites is 1. The maximum Gasteiger partial charge on any atom is 0.341 e. The molecule has 1 aliphatic carbocycles. The van der Waals surface area contributed by atoms with Gasteiger partial charge in [0.2, 0.25) is 12.5 Å². The van der Waals surface area contributed by atoms with Gasteiger partial charge in [-0.2, -0.15) is 0 Å². The fourth-order valence-electron chi connectivity index (χ4n) is 8.85. The second kappa shape index (κ2) is 19.9. The molecule has 10 atom stereocenters. The zero-order valence-electron chi connectivity index (χ0n) is 36.2. The lowest BCUT2D eigenvalue weighted by atomic mass is 9.66. The van der Waals surface area contributed by atoms with E-state index in [1.165, 1.54) is 39.0 Å². The van der Waals surface area contributed by atoms with Crippen molar-refractivity contribution in [3.8, 4) is 34.5 Å². The Morgan fingerprint density at radius 1 is 0.846 bits per heavy atom. The van der Waals surface area contributed by atoms with Crippen LogP contribution in [0.15, 0.2) is 83.9 Å². The van der Waals surface area contributed by atoms with Crippen LogP contribution in [0.25, 0.3) is 0 Å². The summed E-state index contributed by atoms with van der Waals surface area (Å²) < 4.78 is 55.9. The zero-order chi connectivity index (χ0) is 45.8. The number of aliphatic imine (C=N–C) groups is 1. The Morgan fingerprint density at radius 3 is 2.20 bits per heavy atom. The number of aliphatic hydroxyl groups is 2. The van der Waals surface area contributed by atoms with Gasteiger partial charge in [-0.05, 0) is 65.6 Å². The van der Waals surface area contributed by atoms with E-state index in [4.69, 9.17) is 47.7 Å². The third kappa shape index (κ3) is 9.50. The molecule has 3 fully saturated rings. The molecule has 0 bridgehead atoms. The highest BCUT2D eigenvalue weighted by molar-refractivity contribution is 5.92. The first-order valence-corrected chi connectivity index (χ1v) is 21.2. The van der Waals surface area contributed by atoms with Gasteiger partial charge < -0.3 is 73.1 Å². The molecule has 5 heterocycles. The number of aromatic hydroxyl groups is 2. The number of phenols is 2. The molecule has 0 radical (unpaired) electrons. The van der Waals surface area contributed by atoms with Crippen molar-refractivity contribution in [2.24, 2.45) is 16.8 Å². The van der Waals surface area contributed by atoms with Crippen molar-refractivity contribution in [2.45, 2.75) is 62.4 Å². The van der Waals surface area contributed by atoms with Gasteiger partial charge in [0.15, 0.2) is 35.6 Å². The second-order valence-electron chi connectivity index (χ2n) is 15.9. The number of nitrogens with zero attached hydrogens (tertiary/aromatic N) is 1. The summed E-state index contributed by atoms with van der Waals surface area (Å²) >= 11 is 0. The number of carbonyl (C=O) groups excluding carboxylic acids is 2. The number of ether oxygens (including phenoxy) is 10. The summed E-state index contributed by atoms with van der Waals surface area (Å²) in [6.07, 6.45) is -5.85. The molecule has 4 aromatic carbocycles. The van der Waals surface area contributed by atoms with Gasteiger partial charge in [0.05, 0.1) is 53.1 Å². The molecule has 10 rings (SSSR count). The van der Waals surface area contributed by atoms with Crippen LogP contribution in [0.1, 0.15) is 51.6 Å². The largest absolute Gasteiger partial charge is 0.507 e. The molecular weight excluding hydrogens is 849 g/mol. The number of benzene rings is 4. The Kier molecular flexibility index (Phi) is 13.9. The van der Waals surface area contributed by atoms with Gasteiger partial charge in [0.1, 0.15) is 41.6 Å². The minimum Gasteiger partial charge on any atom is -0.507 e. The van der Waals surface area contributed by atoms with Gasteiger partial charge in [-0.25, -0.2) is 4.79 Å². The Hall–Kier alpha value is -6.15. The van der Waals surface area contributed by atoms with Crippen LogP contribution >= 0.6 is 0 Å². The third-order valence-corrected chi connectivity index (χ3v) is 12.0. The molecule has 0 aromatic heterocycles. The Balaban J connectivity index is 0.000000203. The molecular formula is C47H52N2O16. The van der Waals surface area contributed by atoms with Crippen LogP contribution in [0.3, 0.4) is 0 Å². The van der Waals surface area contributed by atoms with Crippen LogP contribution in [0, 0.1) is 11.8 Å². The van der Waals surface area contributed by atoms with Crippen molar-refractivity contribution in [2.75, 3.05) is 54.4 Å². The average molecular weight is 901 g/mol. The number of rotatable bonds is 8. The Labute approximate surface area is 374 Å². The number of cyclic esters (lactones) is 1. The number of methoxy groups -OCH3 is 3. The van der Waals surface area contributed by atoms with Gasteiger partial charge in [0.25, 0.3) is 0 Å². The van der Waals surface area contributed by atoms with Gasteiger partial charge >= 0.3 is 11.9 Å². The maximum absolute atomic E-state index is 13.4. The van der Waals surface area contributed by atoms with Crippen molar-refractivity contribution in [3.05, 3.63) is 107 Å². The lowest BCUT2D eigenvalue weighted by molar-refractivity contribution is -0.364. The van der Waals surface area contributed by atoms with Crippen LogP contribution in [0.5, 0.6) is 34.5 Å². The van der Waals surface area contributed by atoms with E-state index in [0.717, 1.165) is 25.3 Å². The van der Waals surface area contributed by atoms with E-state index in [1.807, 2.05) is 6.07 Å². The van der Waals surface area contributed by atoms with Crippen LogP contribution in [-0.2, 0) is 39.6 Å². The van der Waals surface area contributed by atoms with E-state index in [1.54, 1.807) is 43.3 Å². The highest BCUT2D eigenvalue weighted by Gasteiger charge is 2.56. The molecule has 3 saturated heterocycles. The predicted molar refractivity (Wildman–Crippen MR) is 228 cm³/mol. The number of hydrogen-bond donors (Lipinski definition) is 5. The van der Waals surface area contributed by atoms with Crippen LogP contribution in [-0.4, -0.2) is 130 Å². The topological polar surface area (TPSA) is 232 Å². The highest BCUT2D eigenvalue weighted by Crippen LogP contribution is 2.57. The van der Waals surface area contributed by atoms with Crippen LogP contribution < -0.4 is 24.3 Å². The van der Waals surface area contributed by atoms with Crippen LogP contribution in [0.2, 0.25) is 0 Å². The van der Waals surface area contributed by atoms with E-state index >= 15 is 0 Å². The Morgan fingerprint density at radius 2 is 1.54 bits per heavy atom. The van der Waals surface area contributed by atoms with Crippen molar-refractivity contribution < 1.29 is 77.4 Å². The molecule has 18 heteroatoms. The SMILES string of the molecule is COC(=O)c1ccccc1O.COc1cc([C@@H]2c3cc4c(cc3[C@@H](O[C@@H]3O[C@@H]5CO[C@@H](C)O[C@H]5[C@H](O)[C@H]3O)[C@H]3COC(=O)[C@H]23)OCO4)cc(OC)c1O.c1ccc(CC2=NCCN2)cc1. The molecule has 65 heavy (non-hydrogen) atoms. The fraction of sp³-hybridized carbons (Fsp3) is 0.426. The van der Waals surface area contributed by atoms with Crippen molar-refractivity contribution in [1.29, 1.82) is 0 Å². The number of carbonyl (C=O) groups is 2. The van der Waals surface area contributed by atoms with Gasteiger partial charge in [-0.1, -0.05) is 42.5 Å². The lowest BCUT2D eigenvalue weighted by Gasteiger charge is -2.47. The maximum atomic E-state index is 13.4. The van der Waals surface area contributed by atoms with E-state index < -0.39 is 72.8 Å². The zero-order valence-corrected chi connectivity index (χ0v) is 36.2. The molecule has 0 saturated carbocycles. The third-order valence-electron chi connectivity index (χ3n) is 12.0. The van der Waals surface area contributed by atoms with E-state index in [0.29, 0.717) is 28.2 Å². The summed E-state index contributed by atoms with van der Waals surface area (Å²) in [5.41, 5.74) is 3.53. The number of esters is 2.